The number of rotatable bonds is 9. The van der Waals surface area contributed by atoms with E-state index in [2.05, 4.69) is 5.32 Å². The zero-order chi connectivity index (χ0) is 21.4. The number of aliphatic hydroxyl groups is 1. The average Bonchev–Trinajstić information content (AvgIpc) is 2.76. The Bertz CT molecular complexity index is 856. The first-order valence-corrected chi connectivity index (χ1v) is 8.80. The van der Waals surface area contributed by atoms with Crippen molar-refractivity contribution < 1.29 is 28.8 Å². The molecule has 0 spiro atoms. The summed E-state index contributed by atoms with van der Waals surface area (Å²) in [5, 5.41) is 11.7. The lowest BCUT2D eigenvalue weighted by Crippen LogP contribution is -2.38. The van der Waals surface area contributed by atoms with Gasteiger partial charge < -0.3 is 35.1 Å². The van der Waals surface area contributed by atoms with Gasteiger partial charge in [-0.25, -0.2) is 0 Å². The molecule has 0 bridgehead atoms. The molecule has 2 aromatic rings. The molecule has 29 heavy (non-hydrogen) atoms. The third-order valence-electron chi connectivity index (χ3n) is 4.17. The van der Waals surface area contributed by atoms with Crippen LogP contribution in [-0.2, 0) is 4.79 Å². The summed E-state index contributed by atoms with van der Waals surface area (Å²) in [6, 6.07) is 7.95. The van der Waals surface area contributed by atoms with Gasteiger partial charge in [-0.05, 0) is 35.4 Å². The van der Waals surface area contributed by atoms with Crippen molar-refractivity contribution in [1.29, 1.82) is 0 Å². The number of ether oxygens (including phenoxy) is 4. The third kappa shape index (κ3) is 5.40. The lowest BCUT2D eigenvalue weighted by molar-refractivity contribution is -0.118. The number of aliphatic hydroxyl groups excluding tert-OH is 1. The second-order valence-electron chi connectivity index (χ2n) is 6.03. The van der Waals surface area contributed by atoms with Gasteiger partial charge in [-0.1, -0.05) is 18.2 Å². The van der Waals surface area contributed by atoms with E-state index in [1.165, 1.54) is 7.11 Å². The molecule has 8 heteroatoms. The number of nitrogens with one attached hydrogen (secondary N) is 1. The maximum Gasteiger partial charge on any atom is 0.243 e. The number of benzene rings is 2. The minimum atomic E-state index is -1.02. The number of carbonyl (C=O) groups excluding carboxylic acids is 1. The van der Waals surface area contributed by atoms with Gasteiger partial charge in [-0.15, -0.1) is 0 Å². The van der Waals surface area contributed by atoms with E-state index in [9.17, 15) is 4.79 Å². The Kier molecular flexibility index (Phi) is 7.88. The molecule has 0 fully saturated rings. The molecular formula is C21H26N2O6. The zero-order valence-electron chi connectivity index (χ0n) is 16.9. The van der Waals surface area contributed by atoms with Crippen molar-refractivity contribution in [2.75, 3.05) is 40.4 Å². The van der Waals surface area contributed by atoms with E-state index in [0.29, 0.717) is 28.7 Å². The molecule has 0 aliphatic heterocycles. The maximum absolute atomic E-state index is 12.0. The van der Waals surface area contributed by atoms with Crippen molar-refractivity contribution in [2.45, 2.75) is 6.04 Å². The van der Waals surface area contributed by atoms with Crippen LogP contribution in [0, 0.1) is 0 Å². The minimum Gasteiger partial charge on any atom is -0.495 e. The topological polar surface area (TPSA) is 112 Å². The van der Waals surface area contributed by atoms with Gasteiger partial charge >= 0.3 is 0 Å². The molecular weight excluding hydrogens is 376 g/mol. The van der Waals surface area contributed by atoms with Gasteiger partial charge in [-0.3, -0.25) is 4.79 Å². The van der Waals surface area contributed by atoms with E-state index in [-0.39, 0.29) is 0 Å². The van der Waals surface area contributed by atoms with Crippen molar-refractivity contribution in [3.63, 3.8) is 0 Å². The Morgan fingerprint density at radius 1 is 0.966 bits per heavy atom. The van der Waals surface area contributed by atoms with E-state index >= 15 is 0 Å². The third-order valence-corrected chi connectivity index (χ3v) is 4.17. The number of nitrogens with two attached hydrogens (primary N) is 1. The Labute approximate surface area is 169 Å². The first kappa shape index (κ1) is 22.1. The van der Waals surface area contributed by atoms with Crippen LogP contribution in [-0.4, -0.2) is 52.1 Å². The smallest absolute Gasteiger partial charge is 0.243 e. The molecule has 1 atom stereocenters. The van der Waals surface area contributed by atoms with Crippen molar-refractivity contribution in [3.8, 4) is 23.0 Å². The summed E-state index contributed by atoms with van der Waals surface area (Å²) in [6.45, 7) is -0.450. The largest absolute Gasteiger partial charge is 0.495 e. The Hall–Kier alpha value is -3.23. The average molecular weight is 402 g/mol. The summed E-state index contributed by atoms with van der Waals surface area (Å²) in [7, 11) is 6.16. The molecule has 2 aromatic carbocycles. The maximum atomic E-state index is 12.0. The van der Waals surface area contributed by atoms with Gasteiger partial charge in [-0.2, -0.15) is 0 Å². The number of amides is 1. The Balaban J connectivity index is 2.33. The van der Waals surface area contributed by atoms with E-state index in [1.54, 1.807) is 33.5 Å². The summed E-state index contributed by atoms with van der Waals surface area (Å²) >= 11 is 0. The predicted octanol–water partition coefficient (Wildman–Crippen LogP) is 2.15. The Morgan fingerprint density at radius 2 is 1.55 bits per heavy atom. The first-order valence-electron chi connectivity index (χ1n) is 8.80. The molecule has 1 amide bonds. The van der Waals surface area contributed by atoms with Gasteiger partial charge in [0.25, 0.3) is 0 Å². The fourth-order valence-corrected chi connectivity index (χ4v) is 2.63. The van der Waals surface area contributed by atoms with Gasteiger partial charge in [0.2, 0.25) is 11.7 Å². The SMILES string of the molecule is COc1ccc(C=Cc2cc(OC)c(OC)c(OC)c2)cc1NC(=O)[C@@H](N)CO. The quantitative estimate of drug-likeness (QED) is 0.551. The molecule has 0 aliphatic carbocycles. The normalized spacial score (nSPS) is 11.8. The van der Waals surface area contributed by atoms with Crippen LogP contribution in [0.15, 0.2) is 30.3 Å². The van der Waals surface area contributed by atoms with Crippen LogP contribution in [0.2, 0.25) is 0 Å². The second kappa shape index (κ2) is 10.4. The fraction of sp³-hybridized carbons (Fsp3) is 0.286. The van der Waals surface area contributed by atoms with Crippen LogP contribution < -0.4 is 30.0 Å². The number of anilines is 1. The summed E-state index contributed by atoms with van der Waals surface area (Å²) in [4.78, 5) is 12.0. The predicted molar refractivity (Wildman–Crippen MR) is 112 cm³/mol. The summed E-state index contributed by atoms with van der Waals surface area (Å²) < 4.78 is 21.3. The van der Waals surface area contributed by atoms with Crippen LogP contribution in [0.1, 0.15) is 11.1 Å². The van der Waals surface area contributed by atoms with Crippen LogP contribution in [0.25, 0.3) is 12.2 Å². The lowest BCUT2D eigenvalue weighted by Gasteiger charge is -2.14. The number of carbonyl (C=O) groups is 1. The van der Waals surface area contributed by atoms with E-state index in [1.807, 2.05) is 30.4 Å². The highest BCUT2D eigenvalue weighted by atomic mass is 16.5. The summed E-state index contributed by atoms with van der Waals surface area (Å²) in [5.74, 6) is 1.59. The molecule has 0 saturated carbocycles. The molecule has 8 nitrogen and oxygen atoms in total. The standard InChI is InChI=1S/C21H26N2O6/c1-26-17-8-7-13(9-16(17)23-21(25)15(22)12-24)5-6-14-10-18(27-2)20(29-4)19(11-14)28-3/h5-11,15,24H,12,22H2,1-4H3,(H,23,25)/t15-/m0/s1. The van der Waals surface area contributed by atoms with E-state index in [4.69, 9.17) is 29.8 Å². The second-order valence-corrected chi connectivity index (χ2v) is 6.03. The molecule has 4 N–H and O–H groups in total. The lowest BCUT2D eigenvalue weighted by atomic mass is 10.1. The Morgan fingerprint density at radius 3 is 2.07 bits per heavy atom. The molecule has 0 saturated heterocycles. The molecule has 0 radical (unpaired) electrons. The number of methoxy groups -OCH3 is 4. The molecule has 0 unspecified atom stereocenters. The monoisotopic (exact) mass is 402 g/mol. The van der Waals surface area contributed by atoms with Crippen molar-refractivity contribution in [1.82, 2.24) is 0 Å². The highest BCUT2D eigenvalue weighted by Gasteiger charge is 2.15. The summed E-state index contributed by atoms with van der Waals surface area (Å²) in [5.41, 5.74) is 7.66. The first-order chi connectivity index (χ1) is 14.0. The number of hydrogen-bond donors (Lipinski definition) is 3. The number of hydrogen-bond acceptors (Lipinski definition) is 7. The van der Waals surface area contributed by atoms with E-state index < -0.39 is 18.6 Å². The van der Waals surface area contributed by atoms with Crippen LogP contribution >= 0.6 is 0 Å². The van der Waals surface area contributed by atoms with E-state index in [0.717, 1.165) is 11.1 Å². The van der Waals surface area contributed by atoms with Gasteiger partial charge in [0.1, 0.15) is 11.8 Å². The van der Waals surface area contributed by atoms with Gasteiger partial charge in [0.15, 0.2) is 11.5 Å². The van der Waals surface area contributed by atoms with Crippen LogP contribution in [0.5, 0.6) is 23.0 Å². The minimum absolute atomic E-state index is 0.450. The van der Waals surface area contributed by atoms with Crippen LogP contribution in [0.3, 0.4) is 0 Å². The van der Waals surface area contributed by atoms with Crippen molar-refractivity contribution >= 4 is 23.7 Å². The van der Waals surface area contributed by atoms with Gasteiger partial charge in [0, 0.05) is 0 Å². The molecule has 156 valence electrons. The molecule has 0 aliphatic rings. The van der Waals surface area contributed by atoms with Crippen molar-refractivity contribution in [2.24, 2.45) is 5.73 Å². The van der Waals surface area contributed by atoms with Gasteiger partial charge in [0.05, 0.1) is 40.7 Å². The molecule has 0 aromatic heterocycles. The molecule has 2 rings (SSSR count). The highest BCUT2D eigenvalue weighted by Crippen LogP contribution is 2.38. The highest BCUT2D eigenvalue weighted by molar-refractivity contribution is 5.96. The molecule has 0 heterocycles. The zero-order valence-corrected chi connectivity index (χ0v) is 16.9. The fourth-order valence-electron chi connectivity index (χ4n) is 2.63. The van der Waals surface area contributed by atoms with Crippen molar-refractivity contribution in [3.05, 3.63) is 41.5 Å². The van der Waals surface area contributed by atoms with Crippen LogP contribution in [0.4, 0.5) is 5.69 Å². The summed E-state index contributed by atoms with van der Waals surface area (Å²) in [6.07, 6.45) is 3.74.